The molecule has 0 aliphatic rings. The first-order chi connectivity index (χ1) is 13.6. The Morgan fingerprint density at radius 1 is 0.929 bits per heavy atom. The molecule has 0 atom stereocenters. The van der Waals surface area contributed by atoms with E-state index in [1.807, 2.05) is 48.5 Å². The summed E-state index contributed by atoms with van der Waals surface area (Å²) in [5, 5.41) is 7.31. The average molecular weight is 392 g/mol. The number of amides is 2. The molecule has 0 spiro atoms. The first-order valence-electron chi connectivity index (χ1n) is 8.73. The number of carbonyl (C=O) groups is 1. The van der Waals surface area contributed by atoms with E-state index < -0.39 is 0 Å². The highest BCUT2D eigenvalue weighted by atomic mass is 35.5. The van der Waals surface area contributed by atoms with Gasteiger partial charge in [0.15, 0.2) is 0 Å². The molecule has 3 N–H and O–H groups in total. The predicted molar refractivity (Wildman–Crippen MR) is 114 cm³/mol. The zero-order valence-electron chi connectivity index (χ0n) is 15.1. The number of nitrogens with one attached hydrogen (secondary N) is 3. The molecule has 3 aromatic carbocycles. The smallest absolute Gasteiger partial charge is 0.323 e. The van der Waals surface area contributed by atoms with Crippen molar-refractivity contribution >= 4 is 39.9 Å². The molecule has 0 bridgehead atoms. The van der Waals surface area contributed by atoms with Gasteiger partial charge in [-0.05, 0) is 36.4 Å². The maximum Gasteiger partial charge on any atom is 0.323 e. The normalized spacial score (nSPS) is 10.6. The third-order valence-electron chi connectivity index (χ3n) is 4.41. The minimum Gasteiger partial charge on any atom is -0.495 e. The quantitative estimate of drug-likeness (QED) is 0.391. The molecule has 1 heterocycles. The molecule has 0 saturated heterocycles. The largest absolute Gasteiger partial charge is 0.495 e. The fourth-order valence-corrected chi connectivity index (χ4v) is 3.27. The molecular formula is C22H18ClN3O2. The van der Waals surface area contributed by atoms with Gasteiger partial charge in [0, 0.05) is 27.2 Å². The minimum atomic E-state index is -0.385. The lowest BCUT2D eigenvalue weighted by atomic mass is 10.1. The number of rotatable bonds is 4. The fourth-order valence-electron chi connectivity index (χ4n) is 3.10. The zero-order chi connectivity index (χ0) is 19.5. The van der Waals surface area contributed by atoms with Crippen LogP contribution >= 0.6 is 11.6 Å². The summed E-state index contributed by atoms with van der Waals surface area (Å²) in [5.74, 6) is 0.531. The summed E-state index contributed by atoms with van der Waals surface area (Å²) in [7, 11) is 1.54. The van der Waals surface area contributed by atoms with Crippen molar-refractivity contribution in [2.75, 3.05) is 17.7 Å². The maximum absolute atomic E-state index is 12.6. The maximum atomic E-state index is 12.6. The number of benzene rings is 3. The number of hydrogen-bond acceptors (Lipinski definition) is 2. The molecule has 0 radical (unpaired) electrons. The molecule has 0 unspecified atom stereocenters. The Morgan fingerprint density at radius 2 is 1.68 bits per heavy atom. The van der Waals surface area contributed by atoms with Crippen molar-refractivity contribution in [3.8, 4) is 17.0 Å². The lowest BCUT2D eigenvalue weighted by Gasteiger charge is -2.13. The number of fused-ring (bicyclic) bond motifs is 1. The van der Waals surface area contributed by atoms with E-state index in [4.69, 9.17) is 16.3 Å². The van der Waals surface area contributed by atoms with Crippen molar-refractivity contribution < 1.29 is 9.53 Å². The minimum absolute atomic E-state index is 0.385. The molecule has 2 amide bonds. The summed E-state index contributed by atoms with van der Waals surface area (Å²) in [5.41, 5.74) is 4.05. The molecule has 4 rings (SSSR count). The molecule has 28 heavy (non-hydrogen) atoms. The van der Waals surface area contributed by atoms with Gasteiger partial charge in [-0.15, -0.1) is 0 Å². The van der Waals surface area contributed by atoms with Crippen LogP contribution in [-0.2, 0) is 0 Å². The van der Waals surface area contributed by atoms with Crippen LogP contribution in [0, 0.1) is 0 Å². The average Bonchev–Trinajstić information content (AvgIpc) is 3.12. The molecule has 5 nitrogen and oxygen atoms in total. The number of methoxy groups -OCH3 is 1. The van der Waals surface area contributed by atoms with Crippen LogP contribution < -0.4 is 15.4 Å². The second-order valence-corrected chi connectivity index (χ2v) is 6.68. The van der Waals surface area contributed by atoms with Gasteiger partial charge in [0.2, 0.25) is 0 Å². The van der Waals surface area contributed by atoms with Gasteiger partial charge in [-0.2, -0.15) is 0 Å². The van der Waals surface area contributed by atoms with Gasteiger partial charge in [-0.3, -0.25) is 0 Å². The summed E-state index contributed by atoms with van der Waals surface area (Å²) < 4.78 is 5.27. The van der Waals surface area contributed by atoms with Crippen molar-refractivity contribution in [1.29, 1.82) is 0 Å². The number of halogens is 1. The Morgan fingerprint density at radius 3 is 2.50 bits per heavy atom. The van der Waals surface area contributed by atoms with Crippen LogP contribution in [0.5, 0.6) is 5.75 Å². The molecular weight excluding hydrogens is 374 g/mol. The van der Waals surface area contributed by atoms with E-state index in [0.29, 0.717) is 22.1 Å². The summed E-state index contributed by atoms with van der Waals surface area (Å²) in [4.78, 5) is 16.0. The van der Waals surface area contributed by atoms with Crippen molar-refractivity contribution in [3.63, 3.8) is 0 Å². The Hall–Kier alpha value is -3.44. The summed E-state index contributed by atoms with van der Waals surface area (Å²) in [6, 6.07) is 22.4. The van der Waals surface area contributed by atoms with Crippen LogP contribution in [0.2, 0.25) is 5.02 Å². The van der Waals surface area contributed by atoms with E-state index in [1.165, 1.54) is 7.11 Å². The molecule has 4 aromatic rings. The van der Waals surface area contributed by atoms with Gasteiger partial charge in [-0.1, -0.05) is 48.0 Å². The first kappa shape index (κ1) is 17.9. The van der Waals surface area contributed by atoms with Gasteiger partial charge >= 0.3 is 6.03 Å². The molecule has 0 saturated carbocycles. The number of ether oxygens (including phenoxy) is 1. The molecule has 6 heteroatoms. The van der Waals surface area contributed by atoms with E-state index in [1.54, 1.807) is 18.2 Å². The van der Waals surface area contributed by atoms with Gasteiger partial charge in [0.05, 0.1) is 18.5 Å². The fraction of sp³-hybridized carbons (Fsp3) is 0.0455. The van der Waals surface area contributed by atoms with Gasteiger partial charge in [-0.25, -0.2) is 4.79 Å². The van der Waals surface area contributed by atoms with Crippen molar-refractivity contribution in [1.82, 2.24) is 4.98 Å². The Bertz CT molecular complexity index is 1120. The number of para-hydroxylation sites is 2. The number of H-pyrrole nitrogens is 1. The number of carbonyl (C=O) groups excluding carboxylic acids is 1. The van der Waals surface area contributed by atoms with Crippen molar-refractivity contribution in [2.24, 2.45) is 0 Å². The van der Waals surface area contributed by atoms with Crippen LogP contribution in [0.1, 0.15) is 0 Å². The van der Waals surface area contributed by atoms with Gasteiger partial charge < -0.3 is 20.4 Å². The highest BCUT2D eigenvalue weighted by molar-refractivity contribution is 6.31. The molecule has 0 fully saturated rings. The van der Waals surface area contributed by atoms with Crippen molar-refractivity contribution in [3.05, 3.63) is 77.8 Å². The third kappa shape index (κ3) is 3.66. The highest BCUT2D eigenvalue weighted by Gasteiger charge is 2.12. The zero-order valence-corrected chi connectivity index (χ0v) is 15.9. The number of aromatic amines is 1. The van der Waals surface area contributed by atoms with Crippen molar-refractivity contribution in [2.45, 2.75) is 0 Å². The Labute approximate surface area is 167 Å². The van der Waals surface area contributed by atoms with E-state index in [2.05, 4.69) is 21.7 Å². The number of hydrogen-bond donors (Lipinski definition) is 3. The van der Waals surface area contributed by atoms with E-state index >= 15 is 0 Å². The molecule has 1 aromatic heterocycles. The third-order valence-corrected chi connectivity index (χ3v) is 4.64. The van der Waals surface area contributed by atoms with E-state index in [-0.39, 0.29) is 6.03 Å². The lowest BCUT2D eigenvalue weighted by molar-refractivity contribution is 0.262. The molecule has 0 aliphatic heterocycles. The summed E-state index contributed by atoms with van der Waals surface area (Å²) >= 11 is 6.03. The first-order valence-corrected chi connectivity index (χ1v) is 9.10. The van der Waals surface area contributed by atoms with Gasteiger partial charge in [0.1, 0.15) is 5.75 Å². The van der Waals surface area contributed by atoms with Crippen LogP contribution in [0.3, 0.4) is 0 Å². The second kappa shape index (κ2) is 7.66. The van der Waals surface area contributed by atoms with Gasteiger partial charge in [0.25, 0.3) is 0 Å². The van der Waals surface area contributed by atoms with Crippen LogP contribution in [0.25, 0.3) is 22.2 Å². The number of urea groups is 1. The Balaban J connectivity index is 1.61. The predicted octanol–water partition coefficient (Wildman–Crippen LogP) is 6.14. The summed E-state index contributed by atoms with van der Waals surface area (Å²) in [6.45, 7) is 0. The Kier molecular flexibility index (Phi) is 4.91. The SMILES string of the molecule is COc1ccc(Cl)cc1NC(=O)Nc1ccccc1-c1cc2ccccc2[nH]1. The number of anilines is 2. The van der Waals surface area contributed by atoms with E-state index in [9.17, 15) is 4.79 Å². The van der Waals surface area contributed by atoms with E-state index in [0.717, 1.165) is 22.2 Å². The molecule has 140 valence electrons. The van der Waals surface area contributed by atoms with Crippen LogP contribution in [0.4, 0.5) is 16.2 Å². The topological polar surface area (TPSA) is 66.2 Å². The standard InChI is InChI=1S/C22H18ClN3O2/c1-28-21-11-10-15(23)13-20(21)26-22(27)25-18-9-5-3-7-16(18)19-12-14-6-2-4-8-17(14)24-19/h2-13,24H,1H3,(H2,25,26,27). The number of aromatic nitrogens is 1. The monoisotopic (exact) mass is 391 g/mol. The highest BCUT2D eigenvalue weighted by Crippen LogP contribution is 2.31. The summed E-state index contributed by atoms with van der Waals surface area (Å²) in [6.07, 6.45) is 0. The van der Waals surface area contributed by atoms with Crippen LogP contribution in [0.15, 0.2) is 72.8 Å². The van der Waals surface area contributed by atoms with Crippen LogP contribution in [-0.4, -0.2) is 18.1 Å². The lowest BCUT2D eigenvalue weighted by Crippen LogP contribution is -2.20. The second-order valence-electron chi connectivity index (χ2n) is 6.24. The molecule has 0 aliphatic carbocycles.